The number of hydrogen-bond acceptors (Lipinski definition) is 6. The molecule has 0 fully saturated rings. The number of unbranched alkanes of at least 4 members (excludes halogenated alkanes) is 2. The molecule has 162 valence electrons. The molecule has 0 radical (unpaired) electrons. The highest BCUT2D eigenvalue weighted by molar-refractivity contribution is 7.99. The van der Waals surface area contributed by atoms with Gasteiger partial charge in [0.1, 0.15) is 4.83 Å². The summed E-state index contributed by atoms with van der Waals surface area (Å²) in [6.07, 6.45) is 4.41. The van der Waals surface area contributed by atoms with Crippen LogP contribution in [0.1, 0.15) is 36.6 Å². The lowest BCUT2D eigenvalue weighted by Crippen LogP contribution is -2.27. The van der Waals surface area contributed by atoms with Gasteiger partial charge in [-0.05, 0) is 49.7 Å². The molecule has 4 heterocycles. The summed E-state index contributed by atoms with van der Waals surface area (Å²) < 4.78 is 3.78. The van der Waals surface area contributed by atoms with Gasteiger partial charge in [-0.25, -0.2) is 8.97 Å². The second kappa shape index (κ2) is 8.58. The zero-order valence-corrected chi connectivity index (χ0v) is 20.0. The third kappa shape index (κ3) is 3.69. The van der Waals surface area contributed by atoms with E-state index in [1.54, 1.807) is 39.8 Å². The van der Waals surface area contributed by atoms with Gasteiger partial charge in [-0.1, -0.05) is 43.1 Å². The molecule has 0 saturated carbocycles. The summed E-state index contributed by atoms with van der Waals surface area (Å²) in [6.45, 7) is 4.04. The molecule has 1 aliphatic rings. The predicted molar refractivity (Wildman–Crippen MR) is 129 cm³/mol. The average molecular weight is 474 g/mol. The summed E-state index contributed by atoms with van der Waals surface area (Å²) in [6, 6.07) is 7.34. The maximum absolute atomic E-state index is 13.8. The maximum atomic E-state index is 13.8. The molecule has 3 aromatic heterocycles. The van der Waals surface area contributed by atoms with Crippen molar-refractivity contribution in [3.63, 3.8) is 0 Å². The van der Waals surface area contributed by atoms with Gasteiger partial charge in [0.25, 0.3) is 5.56 Å². The molecule has 6 nitrogen and oxygen atoms in total. The van der Waals surface area contributed by atoms with E-state index in [9.17, 15) is 4.79 Å². The number of thioether (sulfide) groups is 1. The Bertz CT molecular complexity index is 1310. The predicted octanol–water partition coefficient (Wildman–Crippen LogP) is 5.02. The molecule has 1 aromatic carbocycles. The van der Waals surface area contributed by atoms with E-state index in [1.165, 1.54) is 23.3 Å². The second-order valence-electron chi connectivity index (χ2n) is 7.96. The van der Waals surface area contributed by atoms with Crippen molar-refractivity contribution in [3.05, 3.63) is 50.1 Å². The van der Waals surface area contributed by atoms with E-state index in [-0.39, 0.29) is 5.56 Å². The topological polar surface area (TPSA) is 55.4 Å². The van der Waals surface area contributed by atoms with Crippen molar-refractivity contribution in [2.45, 2.75) is 44.3 Å². The van der Waals surface area contributed by atoms with Crippen LogP contribution in [0.3, 0.4) is 0 Å². The first-order chi connectivity index (χ1) is 15.1. The molecule has 1 aliphatic heterocycles. The Morgan fingerprint density at radius 1 is 1.19 bits per heavy atom. The Morgan fingerprint density at radius 3 is 2.77 bits per heavy atom. The minimum atomic E-state index is -0.0261. The molecule has 0 amide bonds. The van der Waals surface area contributed by atoms with E-state index in [0.717, 1.165) is 52.7 Å². The Balaban J connectivity index is 1.77. The van der Waals surface area contributed by atoms with Gasteiger partial charge in [-0.15, -0.1) is 21.5 Å². The van der Waals surface area contributed by atoms with Crippen molar-refractivity contribution in [2.75, 3.05) is 19.3 Å². The monoisotopic (exact) mass is 473 g/mol. The van der Waals surface area contributed by atoms with Crippen molar-refractivity contribution in [1.82, 2.24) is 24.1 Å². The number of thiophene rings is 1. The molecular formula is C22H24ClN5OS2. The van der Waals surface area contributed by atoms with Gasteiger partial charge in [0.05, 0.1) is 11.1 Å². The largest absolute Gasteiger partial charge is 0.301 e. The number of benzene rings is 1. The molecule has 4 aromatic rings. The summed E-state index contributed by atoms with van der Waals surface area (Å²) in [5.41, 5.74) is 1.91. The van der Waals surface area contributed by atoms with Crippen LogP contribution in [0.15, 0.2) is 34.2 Å². The standard InChI is InChI=1S/C22H24ClN5OS2/c1-3-4-5-12-30-22-25-24-21-27(15-8-6-14(23)7-9-15)19(29)18-16-10-11-26(2)13-17(16)31-20(18)28(21)22/h6-9H,3-5,10-13H2,1-2H3. The zero-order valence-electron chi connectivity index (χ0n) is 17.6. The summed E-state index contributed by atoms with van der Waals surface area (Å²) in [7, 11) is 2.13. The lowest BCUT2D eigenvalue weighted by molar-refractivity contribution is 0.318. The van der Waals surface area contributed by atoms with Crippen LogP contribution in [-0.2, 0) is 13.0 Å². The van der Waals surface area contributed by atoms with Gasteiger partial charge in [0, 0.05) is 28.7 Å². The molecule has 0 saturated heterocycles. The fourth-order valence-electron chi connectivity index (χ4n) is 4.11. The Labute approximate surface area is 193 Å². The van der Waals surface area contributed by atoms with Crippen LogP contribution < -0.4 is 5.56 Å². The van der Waals surface area contributed by atoms with Gasteiger partial charge >= 0.3 is 0 Å². The van der Waals surface area contributed by atoms with Crippen LogP contribution in [0.2, 0.25) is 5.02 Å². The van der Waals surface area contributed by atoms with E-state index in [0.29, 0.717) is 10.8 Å². The van der Waals surface area contributed by atoms with E-state index in [2.05, 4.69) is 33.5 Å². The van der Waals surface area contributed by atoms with Crippen LogP contribution >= 0.6 is 34.7 Å². The second-order valence-corrected chi connectivity index (χ2v) is 10.5. The summed E-state index contributed by atoms with van der Waals surface area (Å²) in [5.74, 6) is 1.55. The van der Waals surface area contributed by atoms with Crippen LogP contribution in [0.25, 0.3) is 21.7 Å². The average Bonchev–Trinajstić information content (AvgIpc) is 3.33. The molecule has 0 N–H and O–H groups in total. The van der Waals surface area contributed by atoms with Crippen LogP contribution in [-0.4, -0.2) is 43.4 Å². The third-order valence-corrected chi connectivity index (χ3v) is 8.20. The van der Waals surface area contributed by atoms with Gasteiger partial charge in [-0.2, -0.15) is 0 Å². The number of halogens is 1. The first-order valence-corrected chi connectivity index (χ1v) is 12.8. The summed E-state index contributed by atoms with van der Waals surface area (Å²) >= 11 is 9.53. The van der Waals surface area contributed by atoms with Crippen LogP contribution in [0.4, 0.5) is 0 Å². The summed E-state index contributed by atoms with van der Waals surface area (Å²) in [5, 5.41) is 11.3. The normalized spacial score (nSPS) is 14.5. The van der Waals surface area contributed by atoms with E-state index in [4.69, 9.17) is 11.6 Å². The Hall–Kier alpha value is -1.87. The molecule has 0 aliphatic carbocycles. The van der Waals surface area contributed by atoms with Gasteiger partial charge in [-0.3, -0.25) is 4.79 Å². The Kier molecular flexibility index (Phi) is 5.81. The van der Waals surface area contributed by atoms with Crippen LogP contribution in [0.5, 0.6) is 0 Å². The fraction of sp³-hybridized carbons (Fsp3) is 0.409. The molecule has 0 unspecified atom stereocenters. The van der Waals surface area contributed by atoms with Crippen molar-refractivity contribution in [2.24, 2.45) is 0 Å². The fourth-order valence-corrected chi connectivity index (χ4v) is 6.65. The van der Waals surface area contributed by atoms with E-state index in [1.807, 2.05) is 12.1 Å². The molecule has 31 heavy (non-hydrogen) atoms. The molecule has 9 heteroatoms. The van der Waals surface area contributed by atoms with Gasteiger partial charge < -0.3 is 4.90 Å². The van der Waals surface area contributed by atoms with Crippen molar-refractivity contribution in [3.8, 4) is 5.69 Å². The molecule has 5 rings (SSSR count). The minimum absolute atomic E-state index is 0.0261. The lowest BCUT2D eigenvalue weighted by Gasteiger charge is -2.21. The highest BCUT2D eigenvalue weighted by Gasteiger charge is 2.26. The zero-order chi connectivity index (χ0) is 21.5. The van der Waals surface area contributed by atoms with Crippen molar-refractivity contribution < 1.29 is 0 Å². The number of aromatic nitrogens is 4. The maximum Gasteiger partial charge on any atom is 0.268 e. The third-order valence-electron chi connectivity index (χ3n) is 5.73. The van der Waals surface area contributed by atoms with Crippen molar-refractivity contribution in [1.29, 1.82) is 0 Å². The lowest BCUT2D eigenvalue weighted by atomic mass is 10.1. The van der Waals surface area contributed by atoms with Gasteiger partial charge in [0.2, 0.25) is 5.78 Å². The highest BCUT2D eigenvalue weighted by atomic mass is 35.5. The number of hydrogen-bond donors (Lipinski definition) is 0. The highest BCUT2D eigenvalue weighted by Crippen LogP contribution is 2.35. The first kappa shape index (κ1) is 21.0. The molecule has 0 atom stereocenters. The molecule has 0 bridgehead atoms. The first-order valence-electron chi connectivity index (χ1n) is 10.6. The Morgan fingerprint density at radius 2 is 2.00 bits per heavy atom. The number of fused-ring (bicyclic) bond motifs is 5. The number of nitrogens with zero attached hydrogens (tertiary/aromatic N) is 5. The molecule has 0 spiro atoms. The van der Waals surface area contributed by atoms with Gasteiger partial charge in [0.15, 0.2) is 5.16 Å². The SMILES string of the molecule is CCCCCSc1nnc2n(-c3ccc(Cl)cc3)c(=O)c3c4c(sc3n12)CN(C)CC4. The molecular weight excluding hydrogens is 450 g/mol. The summed E-state index contributed by atoms with van der Waals surface area (Å²) in [4.78, 5) is 18.3. The van der Waals surface area contributed by atoms with E-state index < -0.39 is 0 Å². The number of likely N-dealkylation sites (N-methyl/N-ethyl adjacent to an activating group) is 1. The van der Waals surface area contributed by atoms with Crippen molar-refractivity contribution >= 4 is 50.7 Å². The van der Waals surface area contributed by atoms with E-state index >= 15 is 0 Å². The number of rotatable bonds is 6. The smallest absolute Gasteiger partial charge is 0.268 e. The van der Waals surface area contributed by atoms with Crippen LogP contribution in [0, 0.1) is 0 Å². The minimum Gasteiger partial charge on any atom is -0.301 e. The quantitative estimate of drug-likeness (QED) is 0.291.